The molecule has 0 fully saturated rings. The summed E-state index contributed by atoms with van der Waals surface area (Å²) in [7, 11) is 0. The van der Waals surface area contributed by atoms with Gasteiger partial charge < -0.3 is 15.8 Å². The summed E-state index contributed by atoms with van der Waals surface area (Å²) < 4.78 is 5.62. The first kappa shape index (κ1) is 12.7. The molecule has 3 N–H and O–H groups in total. The van der Waals surface area contributed by atoms with Crippen molar-refractivity contribution in [2.75, 3.05) is 24.2 Å². The van der Waals surface area contributed by atoms with E-state index in [4.69, 9.17) is 10.5 Å². The molecule has 0 aliphatic rings. The largest absolute Gasteiger partial charge is 0.492 e. The minimum absolute atomic E-state index is 0.384. The van der Waals surface area contributed by atoms with Crippen molar-refractivity contribution >= 4 is 11.4 Å². The zero-order chi connectivity index (χ0) is 12.1. The Morgan fingerprint density at radius 1 is 1.31 bits per heavy atom. The van der Waals surface area contributed by atoms with Crippen LogP contribution >= 0.6 is 0 Å². The van der Waals surface area contributed by atoms with Gasteiger partial charge in [-0.3, -0.25) is 0 Å². The van der Waals surface area contributed by atoms with E-state index in [-0.39, 0.29) is 0 Å². The minimum Gasteiger partial charge on any atom is -0.492 e. The SMILES string of the molecule is CCNc1c(OCC)ccc(N)c1C(C)C. The lowest BCUT2D eigenvalue weighted by molar-refractivity contribution is 0.341. The molecule has 0 aliphatic heterocycles. The number of benzene rings is 1. The van der Waals surface area contributed by atoms with Crippen molar-refractivity contribution in [1.29, 1.82) is 0 Å². The van der Waals surface area contributed by atoms with Crippen LogP contribution in [-0.4, -0.2) is 13.2 Å². The molecule has 1 aromatic carbocycles. The van der Waals surface area contributed by atoms with Gasteiger partial charge in [-0.2, -0.15) is 0 Å². The Bertz CT molecular complexity index is 348. The summed E-state index contributed by atoms with van der Waals surface area (Å²) >= 11 is 0. The highest BCUT2D eigenvalue weighted by atomic mass is 16.5. The van der Waals surface area contributed by atoms with Crippen LogP contribution < -0.4 is 15.8 Å². The predicted molar refractivity (Wildman–Crippen MR) is 70.3 cm³/mol. The standard InChI is InChI=1S/C13H22N2O/c1-5-15-13-11(16-6-2)8-7-10(14)12(13)9(3)4/h7-9,15H,5-6,14H2,1-4H3. The first-order chi connectivity index (χ1) is 7.61. The first-order valence-corrected chi connectivity index (χ1v) is 5.90. The predicted octanol–water partition coefficient (Wildman–Crippen LogP) is 3.22. The Morgan fingerprint density at radius 3 is 2.50 bits per heavy atom. The molecule has 0 amide bonds. The molecule has 0 radical (unpaired) electrons. The maximum Gasteiger partial charge on any atom is 0.142 e. The third-order valence-electron chi connectivity index (χ3n) is 2.47. The van der Waals surface area contributed by atoms with Crippen molar-refractivity contribution in [3.63, 3.8) is 0 Å². The third kappa shape index (κ3) is 2.60. The number of hydrogen-bond donors (Lipinski definition) is 2. The fourth-order valence-corrected chi connectivity index (χ4v) is 1.87. The van der Waals surface area contributed by atoms with Crippen LogP contribution in [0, 0.1) is 0 Å². The monoisotopic (exact) mass is 222 g/mol. The number of nitrogen functional groups attached to an aromatic ring is 1. The van der Waals surface area contributed by atoms with E-state index in [1.54, 1.807) is 0 Å². The Hall–Kier alpha value is -1.38. The summed E-state index contributed by atoms with van der Waals surface area (Å²) in [6.45, 7) is 9.87. The summed E-state index contributed by atoms with van der Waals surface area (Å²) in [6, 6.07) is 3.85. The number of ether oxygens (including phenoxy) is 1. The van der Waals surface area contributed by atoms with Crippen molar-refractivity contribution in [3.8, 4) is 5.75 Å². The van der Waals surface area contributed by atoms with Gasteiger partial charge in [-0.25, -0.2) is 0 Å². The van der Waals surface area contributed by atoms with Crippen LogP contribution in [0.1, 0.15) is 39.2 Å². The molecule has 3 nitrogen and oxygen atoms in total. The molecule has 1 rings (SSSR count). The number of nitrogens with two attached hydrogens (primary N) is 1. The molecule has 0 atom stereocenters. The molecule has 16 heavy (non-hydrogen) atoms. The van der Waals surface area contributed by atoms with Gasteiger partial charge in [0.05, 0.1) is 12.3 Å². The zero-order valence-corrected chi connectivity index (χ0v) is 10.6. The Kier molecular flexibility index (Phi) is 4.47. The maximum absolute atomic E-state index is 6.02. The molecular formula is C13H22N2O. The number of hydrogen-bond acceptors (Lipinski definition) is 3. The normalized spacial score (nSPS) is 10.6. The van der Waals surface area contributed by atoms with E-state index in [0.717, 1.165) is 29.2 Å². The van der Waals surface area contributed by atoms with E-state index in [1.807, 2.05) is 19.1 Å². The van der Waals surface area contributed by atoms with Crippen LogP contribution in [-0.2, 0) is 0 Å². The van der Waals surface area contributed by atoms with E-state index in [0.29, 0.717) is 12.5 Å². The van der Waals surface area contributed by atoms with E-state index < -0.39 is 0 Å². The van der Waals surface area contributed by atoms with E-state index in [9.17, 15) is 0 Å². The molecule has 0 spiro atoms. The second-order valence-corrected chi connectivity index (χ2v) is 4.06. The van der Waals surface area contributed by atoms with Crippen molar-refractivity contribution in [3.05, 3.63) is 17.7 Å². The van der Waals surface area contributed by atoms with Crippen molar-refractivity contribution < 1.29 is 4.74 Å². The highest BCUT2D eigenvalue weighted by Gasteiger charge is 2.14. The van der Waals surface area contributed by atoms with E-state index >= 15 is 0 Å². The summed E-state index contributed by atoms with van der Waals surface area (Å²) in [6.07, 6.45) is 0. The lowest BCUT2D eigenvalue weighted by Crippen LogP contribution is -2.08. The highest BCUT2D eigenvalue weighted by Crippen LogP contribution is 2.37. The summed E-state index contributed by atoms with van der Waals surface area (Å²) in [5, 5.41) is 3.35. The van der Waals surface area contributed by atoms with Crippen LogP contribution in [0.25, 0.3) is 0 Å². The summed E-state index contributed by atoms with van der Waals surface area (Å²) in [5.74, 6) is 1.27. The minimum atomic E-state index is 0.384. The fourth-order valence-electron chi connectivity index (χ4n) is 1.87. The molecular weight excluding hydrogens is 200 g/mol. The Morgan fingerprint density at radius 2 is 2.00 bits per heavy atom. The average Bonchev–Trinajstić information content (AvgIpc) is 2.22. The second kappa shape index (κ2) is 5.64. The summed E-state index contributed by atoms with van der Waals surface area (Å²) in [5.41, 5.74) is 9.04. The molecule has 1 aromatic rings. The third-order valence-corrected chi connectivity index (χ3v) is 2.47. The lowest BCUT2D eigenvalue weighted by atomic mass is 9.98. The second-order valence-electron chi connectivity index (χ2n) is 4.06. The van der Waals surface area contributed by atoms with Gasteiger partial charge in [-0.05, 0) is 31.9 Å². The van der Waals surface area contributed by atoms with Gasteiger partial charge in [-0.15, -0.1) is 0 Å². The Labute approximate surface area is 98.0 Å². The lowest BCUT2D eigenvalue weighted by Gasteiger charge is -2.20. The molecule has 0 aromatic heterocycles. The van der Waals surface area contributed by atoms with Gasteiger partial charge in [0.25, 0.3) is 0 Å². The quantitative estimate of drug-likeness (QED) is 0.752. The van der Waals surface area contributed by atoms with Gasteiger partial charge in [0.15, 0.2) is 0 Å². The first-order valence-electron chi connectivity index (χ1n) is 5.90. The van der Waals surface area contributed by atoms with Crippen LogP contribution in [0.2, 0.25) is 0 Å². The van der Waals surface area contributed by atoms with E-state index in [1.165, 1.54) is 0 Å². The number of nitrogens with one attached hydrogen (secondary N) is 1. The molecule has 0 saturated heterocycles. The van der Waals surface area contributed by atoms with Crippen LogP contribution in [0.5, 0.6) is 5.75 Å². The van der Waals surface area contributed by atoms with Crippen molar-refractivity contribution in [2.45, 2.75) is 33.6 Å². The maximum atomic E-state index is 6.02. The highest BCUT2D eigenvalue weighted by molar-refractivity contribution is 5.71. The van der Waals surface area contributed by atoms with Crippen LogP contribution in [0.3, 0.4) is 0 Å². The van der Waals surface area contributed by atoms with Crippen LogP contribution in [0.4, 0.5) is 11.4 Å². The van der Waals surface area contributed by atoms with Crippen molar-refractivity contribution in [2.24, 2.45) is 0 Å². The smallest absolute Gasteiger partial charge is 0.142 e. The molecule has 0 bridgehead atoms. The van der Waals surface area contributed by atoms with Gasteiger partial charge in [-0.1, -0.05) is 13.8 Å². The molecule has 0 aliphatic carbocycles. The van der Waals surface area contributed by atoms with Crippen LogP contribution in [0.15, 0.2) is 12.1 Å². The molecule has 90 valence electrons. The Balaban J connectivity index is 3.25. The van der Waals surface area contributed by atoms with Crippen molar-refractivity contribution in [1.82, 2.24) is 0 Å². The molecule has 0 heterocycles. The van der Waals surface area contributed by atoms with Gasteiger partial charge in [0.2, 0.25) is 0 Å². The number of anilines is 2. The van der Waals surface area contributed by atoms with Gasteiger partial charge in [0.1, 0.15) is 5.75 Å². The molecule has 0 unspecified atom stereocenters. The van der Waals surface area contributed by atoms with Gasteiger partial charge >= 0.3 is 0 Å². The topological polar surface area (TPSA) is 47.3 Å². The summed E-state index contributed by atoms with van der Waals surface area (Å²) in [4.78, 5) is 0. The average molecular weight is 222 g/mol. The van der Waals surface area contributed by atoms with E-state index in [2.05, 4.69) is 26.1 Å². The molecule has 0 saturated carbocycles. The molecule has 3 heteroatoms. The fraction of sp³-hybridized carbons (Fsp3) is 0.538. The number of rotatable bonds is 5. The van der Waals surface area contributed by atoms with Gasteiger partial charge in [0, 0.05) is 17.8 Å². The zero-order valence-electron chi connectivity index (χ0n) is 10.6.